The molecule has 1 aromatic heterocycles. The Bertz CT molecular complexity index is 511. The monoisotopic (exact) mass is 283 g/mol. The summed E-state index contributed by atoms with van der Waals surface area (Å²) < 4.78 is 9.93. The second-order valence-electron chi connectivity index (χ2n) is 5.14. The van der Waals surface area contributed by atoms with Gasteiger partial charge in [0.15, 0.2) is 0 Å². The molecule has 3 rings (SSSR count). The molecule has 0 bridgehead atoms. The van der Waals surface area contributed by atoms with Gasteiger partial charge in [-0.25, -0.2) is 9.78 Å². The molecule has 1 N–H and O–H groups in total. The second-order valence-corrected chi connectivity index (χ2v) is 5.47. The highest BCUT2D eigenvalue weighted by Crippen LogP contribution is 2.47. The zero-order chi connectivity index (χ0) is 13.5. The van der Waals surface area contributed by atoms with Crippen LogP contribution in [0.4, 0.5) is 5.82 Å². The lowest BCUT2D eigenvalue weighted by atomic mass is 9.64. The van der Waals surface area contributed by atoms with Crippen molar-refractivity contribution < 1.29 is 14.3 Å². The summed E-state index contributed by atoms with van der Waals surface area (Å²) in [7, 11) is 1.32. The number of aromatic nitrogens is 2. The molecule has 6 nitrogen and oxygen atoms in total. The van der Waals surface area contributed by atoms with Crippen LogP contribution in [0.5, 0.6) is 0 Å². The first kappa shape index (κ1) is 12.6. The molecule has 1 saturated heterocycles. The summed E-state index contributed by atoms with van der Waals surface area (Å²) in [5.74, 6) is -0.0351. The summed E-state index contributed by atoms with van der Waals surface area (Å²) in [5, 5.41) is 3.34. The van der Waals surface area contributed by atoms with Crippen LogP contribution in [-0.2, 0) is 9.47 Å². The van der Waals surface area contributed by atoms with Gasteiger partial charge in [0.2, 0.25) is 5.28 Å². The molecule has 0 aromatic carbocycles. The number of nitrogens with one attached hydrogen (secondary N) is 1. The molecule has 2 heterocycles. The van der Waals surface area contributed by atoms with Gasteiger partial charge < -0.3 is 14.8 Å². The quantitative estimate of drug-likeness (QED) is 0.669. The van der Waals surface area contributed by atoms with Crippen LogP contribution in [0.1, 0.15) is 23.2 Å². The summed E-state index contributed by atoms with van der Waals surface area (Å²) in [6, 6.07) is 0.290. The fourth-order valence-electron chi connectivity index (χ4n) is 2.64. The maximum Gasteiger partial charge on any atom is 0.343 e. The standard InChI is InChI=1S/C12H14ClN3O3/c1-18-10(17)8-4-14-11(13)16-9(8)15-7-2-12(3-7)5-19-6-12/h4,7H,2-3,5-6H2,1H3,(H,14,15,16). The van der Waals surface area contributed by atoms with Gasteiger partial charge in [0.1, 0.15) is 11.4 Å². The van der Waals surface area contributed by atoms with E-state index in [1.165, 1.54) is 13.3 Å². The Labute approximate surface area is 115 Å². The Kier molecular flexibility index (Phi) is 3.06. The maximum atomic E-state index is 11.6. The van der Waals surface area contributed by atoms with Gasteiger partial charge in [0.25, 0.3) is 0 Å². The third-order valence-electron chi connectivity index (χ3n) is 3.68. The van der Waals surface area contributed by atoms with Crippen LogP contribution in [-0.4, -0.2) is 42.3 Å². The van der Waals surface area contributed by atoms with E-state index in [1.807, 2.05) is 0 Å². The highest BCUT2D eigenvalue weighted by atomic mass is 35.5. The van der Waals surface area contributed by atoms with Crippen molar-refractivity contribution in [2.24, 2.45) is 5.41 Å². The number of carbonyl (C=O) groups excluding carboxylic acids is 1. The number of esters is 1. The molecule has 0 atom stereocenters. The first-order valence-electron chi connectivity index (χ1n) is 6.07. The predicted molar refractivity (Wildman–Crippen MR) is 68.3 cm³/mol. The van der Waals surface area contributed by atoms with Crippen LogP contribution in [0.15, 0.2) is 6.20 Å². The Balaban J connectivity index is 1.72. The van der Waals surface area contributed by atoms with Gasteiger partial charge in [-0.3, -0.25) is 0 Å². The minimum Gasteiger partial charge on any atom is -0.465 e. The maximum absolute atomic E-state index is 11.6. The van der Waals surface area contributed by atoms with E-state index >= 15 is 0 Å². The number of rotatable bonds is 3. The van der Waals surface area contributed by atoms with Crippen molar-refractivity contribution in [1.82, 2.24) is 9.97 Å². The van der Waals surface area contributed by atoms with Crippen molar-refractivity contribution in [1.29, 1.82) is 0 Å². The Morgan fingerprint density at radius 3 is 2.89 bits per heavy atom. The summed E-state index contributed by atoms with van der Waals surface area (Å²) >= 11 is 5.77. The van der Waals surface area contributed by atoms with Gasteiger partial charge in [-0.2, -0.15) is 4.98 Å². The van der Waals surface area contributed by atoms with Crippen LogP contribution in [0.3, 0.4) is 0 Å². The molecular formula is C12H14ClN3O3. The largest absolute Gasteiger partial charge is 0.465 e. The summed E-state index contributed by atoms with van der Waals surface area (Å²) in [4.78, 5) is 19.5. The van der Waals surface area contributed by atoms with E-state index in [-0.39, 0.29) is 5.28 Å². The number of hydrogen-bond acceptors (Lipinski definition) is 6. The smallest absolute Gasteiger partial charge is 0.343 e. The average molecular weight is 284 g/mol. The van der Waals surface area contributed by atoms with Crippen molar-refractivity contribution in [3.05, 3.63) is 17.0 Å². The predicted octanol–water partition coefficient (Wildman–Crippen LogP) is 1.51. The molecule has 0 amide bonds. The van der Waals surface area contributed by atoms with Gasteiger partial charge in [-0.15, -0.1) is 0 Å². The second kappa shape index (κ2) is 4.61. The first-order valence-corrected chi connectivity index (χ1v) is 6.45. The van der Waals surface area contributed by atoms with E-state index in [1.54, 1.807) is 0 Å². The highest BCUT2D eigenvalue weighted by molar-refractivity contribution is 6.28. The minimum absolute atomic E-state index is 0.108. The molecule has 2 aliphatic rings. The van der Waals surface area contributed by atoms with Crippen LogP contribution in [0, 0.1) is 5.41 Å². The first-order chi connectivity index (χ1) is 9.12. The topological polar surface area (TPSA) is 73.3 Å². The summed E-state index contributed by atoms with van der Waals surface area (Å²) in [6.07, 6.45) is 3.43. The van der Waals surface area contributed by atoms with E-state index in [4.69, 9.17) is 21.1 Å². The van der Waals surface area contributed by atoms with Crippen LogP contribution in [0.25, 0.3) is 0 Å². The molecule has 1 aromatic rings. The Hall–Kier alpha value is -1.40. The molecule has 19 heavy (non-hydrogen) atoms. The highest BCUT2D eigenvalue weighted by Gasteiger charge is 2.50. The van der Waals surface area contributed by atoms with Crippen molar-refractivity contribution in [3.63, 3.8) is 0 Å². The van der Waals surface area contributed by atoms with E-state index < -0.39 is 5.97 Å². The lowest BCUT2D eigenvalue weighted by molar-refractivity contribution is -0.159. The molecule has 1 spiro atoms. The number of nitrogens with zero attached hydrogens (tertiary/aromatic N) is 2. The molecule has 102 valence electrons. The normalized spacial score (nSPS) is 20.5. The molecule has 1 aliphatic carbocycles. The van der Waals surface area contributed by atoms with Crippen LogP contribution >= 0.6 is 11.6 Å². The molecule has 1 aliphatic heterocycles. The lowest BCUT2D eigenvalue weighted by Crippen LogP contribution is -2.56. The van der Waals surface area contributed by atoms with Crippen LogP contribution in [0.2, 0.25) is 5.28 Å². The summed E-state index contributed by atoms with van der Waals surface area (Å²) in [5.41, 5.74) is 0.651. The fraction of sp³-hybridized carbons (Fsp3) is 0.583. The van der Waals surface area contributed by atoms with Crippen molar-refractivity contribution in [2.45, 2.75) is 18.9 Å². The van der Waals surface area contributed by atoms with E-state index in [9.17, 15) is 4.79 Å². The Morgan fingerprint density at radius 1 is 1.58 bits per heavy atom. The zero-order valence-electron chi connectivity index (χ0n) is 10.5. The van der Waals surface area contributed by atoms with Gasteiger partial charge in [-0.1, -0.05) is 0 Å². The molecule has 2 fully saturated rings. The fourth-order valence-corrected chi connectivity index (χ4v) is 2.77. The summed E-state index contributed by atoms with van der Waals surface area (Å²) in [6.45, 7) is 1.67. The number of hydrogen-bond donors (Lipinski definition) is 1. The zero-order valence-corrected chi connectivity index (χ0v) is 11.2. The number of halogens is 1. The number of ether oxygens (including phenoxy) is 2. The lowest BCUT2D eigenvalue weighted by Gasteiger charge is -2.53. The van der Waals surface area contributed by atoms with Gasteiger partial charge in [-0.05, 0) is 24.4 Å². The van der Waals surface area contributed by atoms with Crippen molar-refractivity contribution >= 4 is 23.4 Å². The third-order valence-corrected chi connectivity index (χ3v) is 3.86. The molecule has 0 unspecified atom stereocenters. The number of methoxy groups -OCH3 is 1. The third kappa shape index (κ3) is 2.26. The van der Waals surface area contributed by atoms with E-state index in [2.05, 4.69) is 15.3 Å². The van der Waals surface area contributed by atoms with Crippen molar-refractivity contribution in [3.8, 4) is 0 Å². The molecule has 7 heteroatoms. The molecular weight excluding hydrogens is 270 g/mol. The molecule has 1 saturated carbocycles. The van der Waals surface area contributed by atoms with Crippen molar-refractivity contribution in [2.75, 3.05) is 25.6 Å². The average Bonchev–Trinajstić information content (AvgIpc) is 2.30. The van der Waals surface area contributed by atoms with Gasteiger partial charge >= 0.3 is 5.97 Å². The number of carbonyl (C=O) groups is 1. The van der Waals surface area contributed by atoms with Crippen LogP contribution < -0.4 is 5.32 Å². The number of anilines is 1. The van der Waals surface area contributed by atoms with Gasteiger partial charge in [0, 0.05) is 17.7 Å². The SMILES string of the molecule is COC(=O)c1cnc(Cl)nc1NC1CC2(COC2)C1. The van der Waals surface area contributed by atoms with E-state index in [0.29, 0.717) is 22.8 Å². The Morgan fingerprint density at radius 2 is 2.32 bits per heavy atom. The minimum atomic E-state index is -0.472. The molecule has 0 radical (unpaired) electrons. The van der Waals surface area contributed by atoms with Gasteiger partial charge in [0.05, 0.1) is 20.3 Å². The van der Waals surface area contributed by atoms with E-state index in [0.717, 1.165) is 26.1 Å².